The van der Waals surface area contributed by atoms with Gasteiger partial charge >= 0.3 is 11.9 Å². The van der Waals surface area contributed by atoms with E-state index in [0.29, 0.717) is 6.42 Å². The summed E-state index contributed by atoms with van der Waals surface area (Å²) in [6.45, 7) is 3.41. The minimum Gasteiger partial charge on any atom is -0.481 e. The zero-order valence-electron chi connectivity index (χ0n) is 7.11. The fraction of sp³-hybridized carbons (Fsp3) is 0.750. The molecule has 12 heavy (non-hydrogen) atoms. The molecule has 0 unspecified atom stereocenters. The van der Waals surface area contributed by atoms with Gasteiger partial charge in [0.2, 0.25) is 0 Å². The number of ether oxygens (including phenoxy) is 1. The number of rotatable bonds is 2. The molecule has 0 amide bonds. The van der Waals surface area contributed by atoms with Crippen LogP contribution < -0.4 is 0 Å². The number of carbonyl (C=O) groups is 2. The lowest BCUT2D eigenvalue weighted by Gasteiger charge is -2.12. The first kappa shape index (κ1) is 9.03. The molecule has 1 aliphatic heterocycles. The maximum absolute atomic E-state index is 11.0. The Bertz CT molecular complexity index is 211. The molecule has 3 atom stereocenters. The van der Waals surface area contributed by atoms with Gasteiger partial charge in [-0.25, -0.2) is 0 Å². The van der Waals surface area contributed by atoms with E-state index in [1.807, 2.05) is 6.92 Å². The van der Waals surface area contributed by atoms with Crippen LogP contribution in [0.2, 0.25) is 0 Å². The highest BCUT2D eigenvalue weighted by Gasteiger charge is 2.45. The van der Waals surface area contributed by atoms with Crippen molar-refractivity contribution in [1.29, 1.82) is 0 Å². The molecule has 0 saturated carbocycles. The van der Waals surface area contributed by atoms with Gasteiger partial charge in [-0.2, -0.15) is 0 Å². The second-order valence-corrected chi connectivity index (χ2v) is 3.04. The van der Waals surface area contributed by atoms with Crippen LogP contribution in [0.25, 0.3) is 0 Å². The van der Waals surface area contributed by atoms with Gasteiger partial charge in [0.25, 0.3) is 0 Å². The summed E-state index contributed by atoms with van der Waals surface area (Å²) in [4.78, 5) is 21.7. The van der Waals surface area contributed by atoms with E-state index in [1.54, 1.807) is 6.92 Å². The molecule has 0 spiro atoms. The SMILES string of the molecule is CC[C@@H]1OC(=O)[C@H](C)[C@@H]1C(=O)O. The smallest absolute Gasteiger partial charge is 0.311 e. The summed E-state index contributed by atoms with van der Waals surface area (Å²) in [6.07, 6.45) is 0.123. The first-order valence-corrected chi connectivity index (χ1v) is 4.01. The third kappa shape index (κ3) is 1.29. The Balaban J connectivity index is 2.80. The lowest BCUT2D eigenvalue weighted by atomic mass is 9.91. The molecule has 4 heteroatoms. The van der Waals surface area contributed by atoms with Crippen LogP contribution >= 0.6 is 0 Å². The summed E-state index contributed by atoms with van der Waals surface area (Å²) < 4.78 is 4.88. The predicted molar refractivity (Wildman–Crippen MR) is 40.5 cm³/mol. The summed E-state index contributed by atoms with van der Waals surface area (Å²) >= 11 is 0. The van der Waals surface area contributed by atoms with Crippen LogP contribution in [0, 0.1) is 11.8 Å². The normalized spacial score (nSPS) is 34.8. The lowest BCUT2D eigenvalue weighted by Crippen LogP contribution is -2.27. The van der Waals surface area contributed by atoms with Crippen molar-refractivity contribution in [2.24, 2.45) is 11.8 Å². The van der Waals surface area contributed by atoms with Gasteiger partial charge in [0, 0.05) is 0 Å². The first-order chi connectivity index (χ1) is 5.57. The molecule has 0 radical (unpaired) electrons. The molecule has 0 bridgehead atoms. The first-order valence-electron chi connectivity index (χ1n) is 4.01. The van der Waals surface area contributed by atoms with Crippen molar-refractivity contribution in [3.05, 3.63) is 0 Å². The number of esters is 1. The second-order valence-electron chi connectivity index (χ2n) is 3.04. The monoisotopic (exact) mass is 172 g/mol. The van der Waals surface area contributed by atoms with Crippen LogP contribution in [0.15, 0.2) is 0 Å². The van der Waals surface area contributed by atoms with Crippen molar-refractivity contribution in [2.45, 2.75) is 26.4 Å². The van der Waals surface area contributed by atoms with E-state index in [1.165, 1.54) is 0 Å². The molecule has 0 aromatic rings. The summed E-state index contributed by atoms with van der Waals surface area (Å²) in [7, 11) is 0. The minimum atomic E-state index is -0.944. The number of hydrogen-bond acceptors (Lipinski definition) is 3. The number of cyclic esters (lactones) is 1. The summed E-state index contributed by atoms with van der Waals surface area (Å²) in [5.41, 5.74) is 0. The maximum atomic E-state index is 11.0. The van der Waals surface area contributed by atoms with Crippen molar-refractivity contribution in [3.63, 3.8) is 0 Å². The van der Waals surface area contributed by atoms with Crippen molar-refractivity contribution in [2.75, 3.05) is 0 Å². The van der Waals surface area contributed by atoms with Crippen molar-refractivity contribution in [3.8, 4) is 0 Å². The van der Waals surface area contributed by atoms with Crippen LogP contribution in [-0.2, 0) is 14.3 Å². The molecule has 0 aliphatic carbocycles. The molecule has 1 fully saturated rings. The lowest BCUT2D eigenvalue weighted by molar-refractivity contribution is -0.144. The van der Waals surface area contributed by atoms with E-state index in [4.69, 9.17) is 9.84 Å². The van der Waals surface area contributed by atoms with Gasteiger partial charge in [0.05, 0.1) is 5.92 Å². The van der Waals surface area contributed by atoms with Crippen LogP contribution in [0.1, 0.15) is 20.3 Å². The molecule has 4 nitrogen and oxygen atoms in total. The molecular weight excluding hydrogens is 160 g/mol. The number of carbonyl (C=O) groups excluding carboxylic acids is 1. The van der Waals surface area contributed by atoms with Gasteiger partial charge in [-0.15, -0.1) is 0 Å². The molecule has 0 aromatic carbocycles. The van der Waals surface area contributed by atoms with E-state index in [0.717, 1.165) is 0 Å². The van der Waals surface area contributed by atoms with Crippen LogP contribution in [0.4, 0.5) is 0 Å². The molecular formula is C8H12O4. The third-order valence-electron chi connectivity index (χ3n) is 2.27. The summed E-state index contributed by atoms with van der Waals surface area (Å²) in [5, 5.41) is 8.77. The summed E-state index contributed by atoms with van der Waals surface area (Å²) in [5.74, 6) is -2.51. The molecule has 0 aromatic heterocycles. The predicted octanol–water partition coefficient (Wildman–Crippen LogP) is 0.659. The largest absolute Gasteiger partial charge is 0.481 e. The quantitative estimate of drug-likeness (QED) is 0.621. The van der Waals surface area contributed by atoms with Gasteiger partial charge in [0.1, 0.15) is 12.0 Å². The Morgan fingerprint density at radius 2 is 2.25 bits per heavy atom. The average Bonchev–Trinajstić information content (AvgIpc) is 2.28. The van der Waals surface area contributed by atoms with Crippen molar-refractivity contribution < 1.29 is 19.4 Å². The van der Waals surface area contributed by atoms with E-state index in [9.17, 15) is 9.59 Å². The van der Waals surface area contributed by atoms with E-state index >= 15 is 0 Å². The number of carboxylic acids is 1. The van der Waals surface area contributed by atoms with Gasteiger partial charge in [-0.1, -0.05) is 13.8 Å². The van der Waals surface area contributed by atoms with Gasteiger partial charge in [-0.05, 0) is 6.42 Å². The highest BCUT2D eigenvalue weighted by Crippen LogP contribution is 2.29. The highest BCUT2D eigenvalue weighted by molar-refractivity contribution is 5.84. The Labute approximate surface area is 70.5 Å². The number of aliphatic carboxylic acids is 1. The molecule has 1 heterocycles. The second kappa shape index (κ2) is 3.13. The zero-order valence-corrected chi connectivity index (χ0v) is 7.11. The van der Waals surface area contributed by atoms with Crippen molar-refractivity contribution >= 4 is 11.9 Å². The molecule has 1 saturated heterocycles. The highest BCUT2D eigenvalue weighted by atomic mass is 16.6. The minimum absolute atomic E-state index is 0.394. The van der Waals surface area contributed by atoms with Crippen LogP contribution in [0.5, 0.6) is 0 Å². The van der Waals surface area contributed by atoms with Crippen LogP contribution in [-0.4, -0.2) is 23.1 Å². The number of carboxylic acid groups (broad SMARTS) is 1. The van der Waals surface area contributed by atoms with E-state index in [2.05, 4.69) is 0 Å². The topological polar surface area (TPSA) is 63.6 Å². The van der Waals surface area contributed by atoms with Crippen LogP contribution in [0.3, 0.4) is 0 Å². The van der Waals surface area contributed by atoms with Crippen molar-refractivity contribution in [1.82, 2.24) is 0 Å². The third-order valence-corrected chi connectivity index (χ3v) is 2.27. The fourth-order valence-electron chi connectivity index (χ4n) is 1.51. The Hall–Kier alpha value is -1.06. The number of hydrogen-bond donors (Lipinski definition) is 1. The molecule has 1 aliphatic rings. The van der Waals surface area contributed by atoms with Gasteiger partial charge in [-0.3, -0.25) is 9.59 Å². The van der Waals surface area contributed by atoms with E-state index in [-0.39, 0.29) is 0 Å². The Morgan fingerprint density at radius 3 is 2.58 bits per heavy atom. The average molecular weight is 172 g/mol. The zero-order chi connectivity index (χ0) is 9.30. The summed E-state index contributed by atoms with van der Waals surface area (Å²) in [6, 6.07) is 0. The Morgan fingerprint density at radius 1 is 1.67 bits per heavy atom. The standard InChI is InChI=1S/C8H12O4/c1-3-5-6(7(9)10)4(2)8(11)12-5/h4-6H,3H2,1-2H3,(H,9,10)/t4-,5+,6+/m1/s1. The van der Waals surface area contributed by atoms with Gasteiger partial charge < -0.3 is 9.84 Å². The van der Waals surface area contributed by atoms with Gasteiger partial charge in [0.15, 0.2) is 0 Å². The molecule has 68 valence electrons. The molecule has 1 N–H and O–H groups in total. The maximum Gasteiger partial charge on any atom is 0.311 e. The molecule has 1 rings (SSSR count). The fourth-order valence-corrected chi connectivity index (χ4v) is 1.51. The van der Waals surface area contributed by atoms with E-state index < -0.39 is 29.9 Å². The Kier molecular flexibility index (Phi) is 2.35.